The maximum absolute atomic E-state index is 11.1. The van der Waals surface area contributed by atoms with Crippen molar-refractivity contribution in [1.29, 1.82) is 0 Å². The summed E-state index contributed by atoms with van der Waals surface area (Å²) in [4.78, 5) is 25.7. The van der Waals surface area contributed by atoms with E-state index in [4.69, 9.17) is 4.84 Å². The van der Waals surface area contributed by atoms with Crippen molar-refractivity contribution in [1.82, 2.24) is 0 Å². The highest BCUT2D eigenvalue weighted by molar-refractivity contribution is 5.86. The van der Waals surface area contributed by atoms with E-state index in [9.17, 15) is 25.3 Å². The molecule has 0 aliphatic heterocycles. The molecule has 0 radical (unpaired) electrons. The topological polar surface area (TPSA) is 128 Å². The Hall–Kier alpha value is -3.49. The number of non-ortho nitro benzene ring substituents is 1. The number of oxime groups is 1. The Balaban J connectivity index is 2.19. The Labute approximate surface area is 155 Å². The molecule has 142 valence electrons. The van der Waals surface area contributed by atoms with Crippen LogP contribution in [0.25, 0.3) is 0 Å². The van der Waals surface area contributed by atoms with E-state index in [0.717, 1.165) is 23.8 Å². The van der Waals surface area contributed by atoms with Crippen LogP contribution in [0.15, 0.2) is 47.6 Å². The molecule has 0 fully saturated rings. The number of hydrogen-bond acceptors (Lipinski definition) is 7. The van der Waals surface area contributed by atoms with Crippen LogP contribution in [0, 0.1) is 26.1 Å². The van der Waals surface area contributed by atoms with Gasteiger partial charge in [0.1, 0.15) is 5.75 Å². The quantitative estimate of drug-likeness (QED) is 0.419. The first-order valence-electron chi connectivity index (χ1n) is 8.22. The van der Waals surface area contributed by atoms with Crippen molar-refractivity contribution in [2.24, 2.45) is 11.1 Å². The van der Waals surface area contributed by atoms with Crippen molar-refractivity contribution < 1.29 is 19.8 Å². The molecule has 0 unspecified atom stereocenters. The van der Waals surface area contributed by atoms with E-state index in [0.29, 0.717) is 18.6 Å². The van der Waals surface area contributed by atoms with Gasteiger partial charge in [-0.1, -0.05) is 31.1 Å². The molecule has 9 nitrogen and oxygen atoms in total. The Kier molecular flexibility index (Phi) is 6.42. The van der Waals surface area contributed by atoms with Gasteiger partial charge in [0.2, 0.25) is 5.75 Å². The second-order valence-electron chi connectivity index (χ2n) is 6.16. The van der Waals surface area contributed by atoms with E-state index in [-0.39, 0.29) is 17.4 Å². The average Bonchev–Trinajstić information content (AvgIpc) is 2.61. The first-order valence-corrected chi connectivity index (χ1v) is 8.22. The zero-order chi connectivity index (χ0) is 20.0. The molecular formula is C18H19N3O6. The standard InChI is InChI=1S/C18H19N3O6/c1-12(2)16(8-6-13-4-3-5-15(22)10-13)19-27-18-9-7-14(20(23)24)11-17(18)21(25)26/h3-5,7,9-12,22H,6,8H2,1-2H3/b19-16-. The van der Waals surface area contributed by atoms with Gasteiger partial charge in [-0.2, -0.15) is 0 Å². The van der Waals surface area contributed by atoms with E-state index < -0.39 is 21.2 Å². The number of phenols is 1. The minimum atomic E-state index is -0.750. The largest absolute Gasteiger partial charge is 0.508 e. The molecule has 2 aromatic rings. The molecule has 0 bridgehead atoms. The van der Waals surface area contributed by atoms with Gasteiger partial charge in [-0.15, -0.1) is 0 Å². The SMILES string of the molecule is CC(C)/C(CCc1cccc(O)c1)=N\Oc1ccc([N+](=O)[O-])cc1[N+](=O)[O-]. The molecule has 0 aromatic heterocycles. The number of aromatic hydroxyl groups is 1. The van der Waals surface area contributed by atoms with Crippen LogP contribution >= 0.6 is 0 Å². The van der Waals surface area contributed by atoms with Crippen molar-refractivity contribution in [2.75, 3.05) is 0 Å². The molecule has 0 spiro atoms. The molecule has 0 heterocycles. The van der Waals surface area contributed by atoms with E-state index in [2.05, 4.69) is 5.16 Å². The molecule has 0 aliphatic rings. The summed E-state index contributed by atoms with van der Waals surface area (Å²) in [5, 5.41) is 35.5. The maximum atomic E-state index is 11.1. The number of nitro groups is 2. The molecule has 0 atom stereocenters. The molecule has 2 rings (SSSR count). The van der Waals surface area contributed by atoms with E-state index in [1.165, 1.54) is 0 Å². The van der Waals surface area contributed by atoms with E-state index in [1.807, 2.05) is 19.9 Å². The third kappa shape index (κ3) is 5.50. The second kappa shape index (κ2) is 8.75. The van der Waals surface area contributed by atoms with Gasteiger partial charge in [0.05, 0.1) is 21.6 Å². The number of benzene rings is 2. The molecule has 2 aromatic carbocycles. The van der Waals surface area contributed by atoms with Crippen LogP contribution in [0.4, 0.5) is 11.4 Å². The van der Waals surface area contributed by atoms with Gasteiger partial charge in [0.25, 0.3) is 5.69 Å². The fourth-order valence-electron chi connectivity index (χ4n) is 2.37. The number of nitro benzene ring substituents is 2. The van der Waals surface area contributed by atoms with Gasteiger partial charge < -0.3 is 9.94 Å². The summed E-state index contributed by atoms with van der Waals surface area (Å²) < 4.78 is 0. The van der Waals surface area contributed by atoms with Crippen molar-refractivity contribution in [3.05, 3.63) is 68.3 Å². The molecule has 0 saturated carbocycles. The number of nitrogens with zero attached hydrogens (tertiary/aromatic N) is 3. The first-order chi connectivity index (χ1) is 12.8. The third-order valence-corrected chi connectivity index (χ3v) is 3.86. The summed E-state index contributed by atoms with van der Waals surface area (Å²) in [5.41, 5.74) is 0.672. The highest BCUT2D eigenvalue weighted by Gasteiger charge is 2.21. The molecule has 1 N–H and O–H groups in total. The van der Waals surface area contributed by atoms with Crippen molar-refractivity contribution in [3.63, 3.8) is 0 Å². The monoisotopic (exact) mass is 373 g/mol. The number of phenolic OH excluding ortho intramolecular Hbond substituents is 1. The summed E-state index contributed by atoms with van der Waals surface area (Å²) >= 11 is 0. The molecule has 0 amide bonds. The first kappa shape index (κ1) is 19.8. The Morgan fingerprint density at radius 3 is 2.48 bits per heavy atom. The Morgan fingerprint density at radius 1 is 1.15 bits per heavy atom. The summed E-state index contributed by atoms with van der Waals surface area (Å²) in [7, 11) is 0. The van der Waals surface area contributed by atoms with Crippen LogP contribution in [-0.2, 0) is 6.42 Å². The van der Waals surface area contributed by atoms with Crippen LogP contribution in [0.5, 0.6) is 11.5 Å². The van der Waals surface area contributed by atoms with Crippen LogP contribution in [-0.4, -0.2) is 20.7 Å². The summed E-state index contributed by atoms with van der Waals surface area (Å²) in [6.07, 6.45) is 1.14. The Bertz CT molecular complexity index is 879. The maximum Gasteiger partial charge on any atom is 0.321 e. The van der Waals surface area contributed by atoms with E-state index >= 15 is 0 Å². The van der Waals surface area contributed by atoms with Gasteiger partial charge in [0.15, 0.2) is 0 Å². The minimum Gasteiger partial charge on any atom is -0.508 e. The fourth-order valence-corrected chi connectivity index (χ4v) is 2.37. The molecule has 0 saturated heterocycles. The lowest BCUT2D eigenvalue weighted by atomic mass is 10.0. The van der Waals surface area contributed by atoms with E-state index in [1.54, 1.807) is 18.2 Å². The molecule has 0 aliphatic carbocycles. The summed E-state index contributed by atoms with van der Waals surface area (Å²) in [6, 6.07) is 9.98. The van der Waals surface area contributed by atoms with Crippen LogP contribution in [0.2, 0.25) is 0 Å². The van der Waals surface area contributed by atoms with Gasteiger partial charge >= 0.3 is 5.69 Å². The van der Waals surface area contributed by atoms with Gasteiger partial charge in [0, 0.05) is 6.07 Å². The minimum absolute atomic E-state index is 0.0272. The summed E-state index contributed by atoms with van der Waals surface area (Å²) in [5.74, 6) is 0.0359. The lowest BCUT2D eigenvalue weighted by Crippen LogP contribution is -2.11. The zero-order valence-electron chi connectivity index (χ0n) is 14.9. The van der Waals surface area contributed by atoms with Crippen molar-refractivity contribution in [3.8, 4) is 11.5 Å². The average molecular weight is 373 g/mol. The predicted molar refractivity (Wildman–Crippen MR) is 99.1 cm³/mol. The van der Waals surface area contributed by atoms with Gasteiger partial charge in [-0.05, 0) is 42.5 Å². The fraction of sp³-hybridized carbons (Fsp3) is 0.278. The third-order valence-electron chi connectivity index (χ3n) is 3.86. The molecule has 9 heteroatoms. The number of aryl methyl sites for hydroxylation is 1. The number of hydrogen-bond donors (Lipinski definition) is 1. The predicted octanol–water partition coefficient (Wildman–Crippen LogP) is 4.23. The molecular weight excluding hydrogens is 354 g/mol. The Morgan fingerprint density at radius 2 is 1.89 bits per heavy atom. The van der Waals surface area contributed by atoms with Crippen LogP contribution in [0.1, 0.15) is 25.8 Å². The van der Waals surface area contributed by atoms with Gasteiger partial charge in [-0.3, -0.25) is 20.2 Å². The second-order valence-corrected chi connectivity index (χ2v) is 6.16. The highest BCUT2D eigenvalue weighted by Crippen LogP contribution is 2.31. The van der Waals surface area contributed by atoms with Crippen molar-refractivity contribution in [2.45, 2.75) is 26.7 Å². The molecule has 27 heavy (non-hydrogen) atoms. The zero-order valence-corrected chi connectivity index (χ0v) is 14.9. The normalized spacial score (nSPS) is 11.4. The summed E-state index contributed by atoms with van der Waals surface area (Å²) in [6.45, 7) is 3.82. The smallest absolute Gasteiger partial charge is 0.321 e. The van der Waals surface area contributed by atoms with Crippen molar-refractivity contribution >= 4 is 17.1 Å². The lowest BCUT2D eigenvalue weighted by Gasteiger charge is -2.10. The number of rotatable bonds is 8. The van der Waals surface area contributed by atoms with Crippen LogP contribution in [0.3, 0.4) is 0 Å². The van der Waals surface area contributed by atoms with Crippen LogP contribution < -0.4 is 4.84 Å². The van der Waals surface area contributed by atoms with Gasteiger partial charge in [-0.25, -0.2) is 0 Å². The lowest BCUT2D eigenvalue weighted by molar-refractivity contribution is -0.394. The highest BCUT2D eigenvalue weighted by atomic mass is 16.7.